The number of aryl methyl sites for hydroxylation is 1. The fraction of sp³-hybridized carbons (Fsp3) is 0.333. The summed E-state index contributed by atoms with van der Waals surface area (Å²) in [5, 5.41) is 0. The van der Waals surface area contributed by atoms with Crippen molar-refractivity contribution in [3.63, 3.8) is 0 Å². The van der Waals surface area contributed by atoms with E-state index in [1.165, 1.54) is 6.42 Å². The third-order valence-electron chi connectivity index (χ3n) is 7.21. The minimum Gasteiger partial charge on any atom is -0.492 e. The lowest BCUT2D eigenvalue weighted by molar-refractivity contribution is 0.233. The number of fused-ring (bicyclic) bond motifs is 1. The summed E-state index contributed by atoms with van der Waals surface area (Å²) in [6, 6.07) is 21.0. The predicted octanol–water partition coefficient (Wildman–Crippen LogP) is 6.25. The molecule has 0 amide bonds. The standard InChI is InChI=1S/C30H34NO6P/c1-20-4-13-27-22(3)29(23-5-11-26(12-6-23)37-38(32,33)34)30(36-28(27)18-20)24-7-9-25(10-8-24)35-17-16-31-15-14-21(2)19-31/h4-13,18,21,30H,14-17,19H2,1-3H3,(H2,32,33,34)/t21-,30+/m1/s1. The lowest BCUT2D eigenvalue weighted by atomic mass is 9.86. The molecule has 0 aliphatic carbocycles. The van der Waals surface area contributed by atoms with Crippen molar-refractivity contribution >= 4 is 19.0 Å². The van der Waals surface area contributed by atoms with Crippen LogP contribution in [0.1, 0.15) is 48.6 Å². The second-order valence-corrected chi connectivity index (χ2v) is 11.4. The highest BCUT2D eigenvalue weighted by molar-refractivity contribution is 7.46. The molecule has 2 aliphatic rings. The van der Waals surface area contributed by atoms with Gasteiger partial charge in [0.05, 0.1) is 0 Å². The second kappa shape index (κ2) is 11.0. The molecule has 2 aliphatic heterocycles. The Morgan fingerprint density at radius 1 is 1.00 bits per heavy atom. The van der Waals surface area contributed by atoms with E-state index in [1.807, 2.05) is 31.2 Å². The Morgan fingerprint density at radius 3 is 2.37 bits per heavy atom. The first-order valence-corrected chi connectivity index (χ1v) is 14.5. The molecule has 0 unspecified atom stereocenters. The number of hydrogen-bond acceptors (Lipinski definition) is 5. The molecule has 1 saturated heterocycles. The molecule has 0 aromatic heterocycles. The zero-order chi connectivity index (χ0) is 26.9. The molecule has 8 heteroatoms. The summed E-state index contributed by atoms with van der Waals surface area (Å²) in [7, 11) is -4.63. The predicted molar refractivity (Wildman–Crippen MR) is 148 cm³/mol. The van der Waals surface area contributed by atoms with Crippen LogP contribution in [0.25, 0.3) is 11.1 Å². The van der Waals surface area contributed by atoms with Gasteiger partial charge in [-0.3, -0.25) is 14.7 Å². The molecule has 7 nitrogen and oxygen atoms in total. The fourth-order valence-electron chi connectivity index (χ4n) is 5.26. The first-order valence-electron chi connectivity index (χ1n) is 13.0. The molecule has 3 aromatic carbocycles. The third kappa shape index (κ3) is 6.13. The Morgan fingerprint density at radius 2 is 1.71 bits per heavy atom. The van der Waals surface area contributed by atoms with Crippen molar-refractivity contribution in [2.24, 2.45) is 5.92 Å². The first-order chi connectivity index (χ1) is 18.2. The van der Waals surface area contributed by atoms with Crippen molar-refractivity contribution in [1.29, 1.82) is 0 Å². The van der Waals surface area contributed by atoms with Gasteiger partial charge in [-0.1, -0.05) is 43.3 Å². The third-order valence-corrected chi connectivity index (χ3v) is 7.66. The smallest absolute Gasteiger partial charge is 0.492 e. The van der Waals surface area contributed by atoms with E-state index in [0.717, 1.165) is 70.5 Å². The van der Waals surface area contributed by atoms with E-state index in [9.17, 15) is 4.57 Å². The number of ether oxygens (including phenoxy) is 2. The first kappa shape index (κ1) is 26.5. The van der Waals surface area contributed by atoms with Gasteiger partial charge in [-0.2, -0.15) is 0 Å². The van der Waals surface area contributed by atoms with E-state index in [4.69, 9.17) is 23.8 Å². The van der Waals surface area contributed by atoms with Gasteiger partial charge in [0.1, 0.15) is 30.0 Å². The van der Waals surface area contributed by atoms with Gasteiger partial charge in [0.15, 0.2) is 0 Å². The molecule has 0 spiro atoms. The van der Waals surface area contributed by atoms with Gasteiger partial charge in [0, 0.05) is 24.2 Å². The summed E-state index contributed by atoms with van der Waals surface area (Å²) in [6.45, 7) is 10.3. The molecule has 1 fully saturated rings. The van der Waals surface area contributed by atoms with Crippen LogP contribution >= 0.6 is 7.82 Å². The number of benzene rings is 3. The van der Waals surface area contributed by atoms with Gasteiger partial charge in [0.25, 0.3) is 0 Å². The number of likely N-dealkylation sites (tertiary alicyclic amines) is 1. The molecule has 5 rings (SSSR count). The Labute approximate surface area is 223 Å². The minimum absolute atomic E-state index is 0.106. The Kier molecular flexibility index (Phi) is 7.64. The SMILES string of the molecule is CC1=C(c2ccc(OP(=O)(O)O)cc2)[C@H](c2ccc(OCCN3CC[C@@H](C)C3)cc2)Oc2cc(C)ccc21. The summed E-state index contributed by atoms with van der Waals surface area (Å²) in [4.78, 5) is 20.7. The summed E-state index contributed by atoms with van der Waals surface area (Å²) >= 11 is 0. The molecule has 0 radical (unpaired) electrons. The van der Waals surface area contributed by atoms with Gasteiger partial charge in [-0.25, -0.2) is 4.57 Å². The monoisotopic (exact) mass is 535 g/mol. The summed E-state index contributed by atoms with van der Waals surface area (Å²) in [6.07, 6.45) is 0.894. The lowest BCUT2D eigenvalue weighted by Gasteiger charge is -2.31. The normalized spacial score (nSPS) is 19.7. The lowest BCUT2D eigenvalue weighted by Crippen LogP contribution is -2.25. The van der Waals surface area contributed by atoms with Crippen LogP contribution in [0.4, 0.5) is 0 Å². The maximum absolute atomic E-state index is 11.2. The van der Waals surface area contributed by atoms with Crippen LogP contribution in [-0.4, -0.2) is 40.9 Å². The maximum atomic E-state index is 11.2. The maximum Gasteiger partial charge on any atom is 0.524 e. The number of phosphoric acid groups is 1. The van der Waals surface area contributed by atoms with E-state index < -0.39 is 7.82 Å². The van der Waals surface area contributed by atoms with Crippen molar-refractivity contribution in [1.82, 2.24) is 4.90 Å². The van der Waals surface area contributed by atoms with Crippen LogP contribution in [0.15, 0.2) is 66.7 Å². The Balaban J connectivity index is 1.40. The molecule has 200 valence electrons. The van der Waals surface area contributed by atoms with Crippen LogP contribution in [0.3, 0.4) is 0 Å². The van der Waals surface area contributed by atoms with E-state index in [0.29, 0.717) is 6.61 Å². The van der Waals surface area contributed by atoms with Gasteiger partial charge in [0.2, 0.25) is 0 Å². The van der Waals surface area contributed by atoms with Crippen LogP contribution in [0, 0.1) is 12.8 Å². The largest absolute Gasteiger partial charge is 0.524 e. The molecular formula is C30H34NO6P. The van der Waals surface area contributed by atoms with Crippen LogP contribution in [0.2, 0.25) is 0 Å². The van der Waals surface area contributed by atoms with Crippen molar-refractivity contribution in [2.45, 2.75) is 33.3 Å². The quantitative estimate of drug-likeness (QED) is 0.330. The van der Waals surface area contributed by atoms with Crippen molar-refractivity contribution in [3.05, 3.63) is 89.0 Å². The number of nitrogens with zero attached hydrogens (tertiary/aromatic N) is 1. The summed E-state index contributed by atoms with van der Waals surface area (Å²) < 4.78 is 28.6. The molecule has 0 saturated carbocycles. The number of allylic oxidation sites excluding steroid dienone is 1. The summed E-state index contributed by atoms with van der Waals surface area (Å²) in [5.41, 5.74) is 6.09. The Bertz CT molecular complexity index is 1360. The number of rotatable bonds is 8. The molecule has 2 atom stereocenters. The van der Waals surface area contributed by atoms with Crippen molar-refractivity contribution in [3.8, 4) is 17.2 Å². The zero-order valence-corrected chi connectivity index (χ0v) is 22.9. The number of hydrogen-bond donors (Lipinski definition) is 2. The molecule has 3 aromatic rings. The van der Waals surface area contributed by atoms with E-state index in [1.54, 1.807) is 24.3 Å². The number of phosphoric ester groups is 1. The minimum atomic E-state index is -4.63. The van der Waals surface area contributed by atoms with Crippen LogP contribution in [0.5, 0.6) is 17.2 Å². The topological polar surface area (TPSA) is 88.5 Å². The van der Waals surface area contributed by atoms with Gasteiger partial charge in [-0.05, 0) is 85.3 Å². The zero-order valence-electron chi connectivity index (χ0n) is 22.0. The van der Waals surface area contributed by atoms with Crippen LogP contribution in [-0.2, 0) is 4.57 Å². The van der Waals surface area contributed by atoms with Gasteiger partial charge < -0.3 is 14.0 Å². The molecule has 0 bridgehead atoms. The highest BCUT2D eigenvalue weighted by Crippen LogP contribution is 2.47. The molecular weight excluding hydrogens is 501 g/mol. The van der Waals surface area contributed by atoms with Gasteiger partial charge >= 0.3 is 7.82 Å². The van der Waals surface area contributed by atoms with E-state index in [-0.39, 0.29) is 11.9 Å². The highest BCUT2D eigenvalue weighted by atomic mass is 31.2. The average molecular weight is 536 g/mol. The van der Waals surface area contributed by atoms with Crippen LogP contribution < -0.4 is 14.0 Å². The van der Waals surface area contributed by atoms with Gasteiger partial charge in [-0.15, -0.1) is 0 Å². The highest BCUT2D eigenvalue weighted by Gasteiger charge is 2.29. The van der Waals surface area contributed by atoms with Crippen molar-refractivity contribution < 1.29 is 28.3 Å². The fourth-order valence-corrected chi connectivity index (χ4v) is 5.66. The van der Waals surface area contributed by atoms with E-state index in [2.05, 4.69) is 36.9 Å². The Hall–Kier alpha value is -3.09. The molecule has 2 heterocycles. The van der Waals surface area contributed by atoms with E-state index >= 15 is 0 Å². The van der Waals surface area contributed by atoms with Crippen molar-refractivity contribution in [2.75, 3.05) is 26.2 Å². The average Bonchev–Trinajstić information content (AvgIpc) is 3.29. The summed E-state index contributed by atoms with van der Waals surface area (Å²) in [5.74, 6) is 2.53. The molecule has 38 heavy (non-hydrogen) atoms. The second-order valence-electron chi connectivity index (χ2n) is 10.3. The molecule has 2 N–H and O–H groups in total.